The van der Waals surface area contributed by atoms with Crippen LogP contribution < -0.4 is 5.32 Å². The summed E-state index contributed by atoms with van der Waals surface area (Å²) in [7, 11) is 1.84. The molecule has 1 saturated heterocycles. The summed E-state index contributed by atoms with van der Waals surface area (Å²) in [4.78, 5) is 22.7. The van der Waals surface area contributed by atoms with Crippen LogP contribution in [0.2, 0.25) is 0 Å². The van der Waals surface area contributed by atoms with Crippen molar-refractivity contribution in [3.05, 3.63) is 0 Å². The lowest BCUT2D eigenvalue weighted by molar-refractivity contribution is -0.141. The van der Waals surface area contributed by atoms with Crippen molar-refractivity contribution in [2.45, 2.75) is 6.04 Å². The molecule has 5 nitrogen and oxygen atoms in total. The van der Waals surface area contributed by atoms with Crippen LogP contribution in [0.4, 0.5) is 0 Å². The number of rotatable bonds is 3. The molecule has 1 aliphatic heterocycles. The maximum Gasteiger partial charge on any atom is 0.309 e. The van der Waals surface area contributed by atoms with Gasteiger partial charge in [-0.2, -0.15) is 0 Å². The molecule has 0 spiro atoms. The number of nitrogens with zero attached hydrogens (tertiary/aromatic N) is 1. The Balaban J connectivity index is 2.58. The fourth-order valence-corrected chi connectivity index (χ4v) is 1.51. The average Bonchev–Trinajstić information content (AvgIpc) is 2.32. The minimum atomic E-state index is -0.848. The van der Waals surface area contributed by atoms with E-state index < -0.39 is 11.9 Å². The van der Waals surface area contributed by atoms with Gasteiger partial charge in [-0.15, -0.1) is 0 Å². The number of carbonyl (C=O) groups is 2. The number of aliphatic carboxylic acids is 1. The third-order valence-corrected chi connectivity index (χ3v) is 2.10. The van der Waals surface area contributed by atoms with Crippen LogP contribution in [0.1, 0.15) is 0 Å². The lowest BCUT2D eigenvalue weighted by atomic mass is 10.1. The molecule has 68 valence electrons. The molecular formula is C7H12N2O3. The van der Waals surface area contributed by atoms with Gasteiger partial charge in [0.05, 0.1) is 12.0 Å². The highest BCUT2D eigenvalue weighted by atomic mass is 16.4. The van der Waals surface area contributed by atoms with E-state index in [1.54, 1.807) is 0 Å². The molecule has 0 aromatic rings. The lowest BCUT2D eigenvalue weighted by Gasteiger charge is -2.12. The molecule has 0 aromatic carbocycles. The zero-order valence-electron chi connectivity index (χ0n) is 6.86. The molecule has 0 aromatic heterocycles. The first-order valence-electron chi connectivity index (χ1n) is 3.76. The molecule has 0 bridgehead atoms. The van der Waals surface area contributed by atoms with Crippen molar-refractivity contribution >= 4 is 12.4 Å². The predicted octanol–water partition coefficient (Wildman–Crippen LogP) is -1.25. The summed E-state index contributed by atoms with van der Waals surface area (Å²) >= 11 is 0. The van der Waals surface area contributed by atoms with Gasteiger partial charge in [0.2, 0.25) is 6.41 Å². The molecule has 0 saturated carbocycles. The van der Waals surface area contributed by atoms with Crippen LogP contribution in [0.3, 0.4) is 0 Å². The molecule has 0 aliphatic carbocycles. The SMILES string of the molecule is CN1CC(NC=O)C(C(=O)O)C1. The largest absolute Gasteiger partial charge is 0.481 e. The van der Waals surface area contributed by atoms with Crippen LogP contribution in [-0.4, -0.2) is 48.6 Å². The third-order valence-electron chi connectivity index (χ3n) is 2.10. The van der Waals surface area contributed by atoms with Gasteiger partial charge in [-0.1, -0.05) is 0 Å². The summed E-state index contributed by atoms with van der Waals surface area (Å²) < 4.78 is 0. The Morgan fingerprint density at radius 3 is 2.83 bits per heavy atom. The first-order chi connectivity index (χ1) is 5.65. The molecule has 1 heterocycles. The van der Waals surface area contributed by atoms with Gasteiger partial charge in [0.1, 0.15) is 0 Å². The molecule has 2 unspecified atom stereocenters. The molecule has 2 N–H and O–H groups in total. The maximum atomic E-state index is 10.6. The number of likely N-dealkylation sites (tertiary alicyclic amines) is 1. The van der Waals surface area contributed by atoms with Gasteiger partial charge < -0.3 is 15.3 Å². The second-order valence-corrected chi connectivity index (χ2v) is 3.06. The van der Waals surface area contributed by atoms with E-state index in [1.165, 1.54) is 0 Å². The van der Waals surface area contributed by atoms with E-state index in [0.29, 0.717) is 19.5 Å². The van der Waals surface area contributed by atoms with Gasteiger partial charge in [0.15, 0.2) is 0 Å². The monoisotopic (exact) mass is 172 g/mol. The van der Waals surface area contributed by atoms with E-state index in [9.17, 15) is 9.59 Å². The smallest absolute Gasteiger partial charge is 0.309 e. The lowest BCUT2D eigenvalue weighted by Crippen LogP contribution is -2.38. The van der Waals surface area contributed by atoms with Crippen molar-refractivity contribution in [1.29, 1.82) is 0 Å². The Labute approximate surface area is 70.4 Å². The molecular weight excluding hydrogens is 160 g/mol. The van der Waals surface area contributed by atoms with Crippen molar-refractivity contribution < 1.29 is 14.7 Å². The van der Waals surface area contributed by atoms with E-state index in [-0.39, 0.29) is 6.04 Å². The molecule has 0 radical (unpaired) electrons. The number of carbonyl (C=O) groups excluding carboxylic acids is 1. The van der Waals surface area contributed by atoms with E-state index in [2.05, 4.69) is 5.32 Å². The highest BCUT2D eigenvalue weighted by Crippen LogP contribution is 2.14. The Morgan fingerprint density at radius 2 is 2.33 bits per heavy atom. The van der Waals surface area contributed by atoms with Gasteiger partial charge in [-0.05, 0) is 7.05 Å². The number of carboxylic acid groups (broad SMARTS) is 1. The summed E-state index contributed by atoms with van der Waals surface area (Å²) in [6.45, 7) is 1.11. The number of nitrogens with one attached hydrogen (secondary N) is 1. The van der Waals surface area contributed by atoms with E-state index in [0.717, 1.165) is 0 Å². The van der Waals surface area contributed by atoms with Crippen LogP contribution in [0.15, 0.2) is 0 Å². The molecule has 5 heteroatoms. The van der Waals surface area contributed by atoms with E-state index in [1.807, 2.05) is 11.9 Å². The topological polar surface area (TPSA) is 69.6 Å². The average molecular weight is 172 g/mol. The van der Waals surface area contributed by atoms with Gasteiger partial charge in [-0.3, -0.25) is 9.59 Å². The van der Waals surface area contributed by atoms with Crippen LogP contribution >= 0.6 is 0 Å². The van der Waals surface area contributed by atoms with E-state index >= 15 is 0 Å². The first kappa shape index (κ1) is 8.99. The number of carboxylic acids is 1. The molecule has 1 aliphatic rings. The summed E-state index contributed by atoms with van der Waals surface area (Å²) in [5.41, 5.74) is 0. The zero-order chi connectivity index (χ0) is 9.14. The van der Waals surface area contributed by atoms with Crippen molar-refractivity contribution in [3.63, 3.8) is 0 Å². The highest BCUT2D eigenvalue weighted by Gasteiger charge is 2.35. The van der Waals surface area contributed by atoms with Crippen LogP contribution in [0, 0.1) is 5.92 Å². The van der Waals surface area contributed by atoms with Crippen molar-refractivity contribution in [2.75, 3.05) is 20.1 Å². The fourth-order valence-electron chi connectivity index (χ4n) is 1.51. The molecule has 1 amide bonds. The van der Waals surface area contributed by atoms with Gasteiger partial charge >= 0.3 is 5.97 Å². The summed E-state index contributed by atoms with van der Waals surface area (Å²) in [6.07, 6.45) is 0.555. The minimum absolute atomic E-state index is 0.245. The maximum absolute atomic E-state index is 10.6. The number of hydrogen-bond acceptors (Lipinski definition) is 3. The Kier molecular flexibility index (Phi) is 2.65. The fraction of sp³-hybridized carbons (Fsp3) is 0.714. The number of hydrogen-bond donors (Lipinski definition) is 2. The summed E-state index contributed by atoms with van der Waals surface area (Å²) in [5.74, 6) is -1.32. The predicted molar refractivity (Wildman–Crippen MR) is 41.6 cm³/mol. The standard InChI is InChI=1S/C7H12N2O3/c1-9-2-5(7(11)12)6(3-9)8-4-10/h4-6H,2-3H2,1H3,(H,8,10)(H,11,12). The normalized spacial score (nSPS) is 30.1. The quantitative estimate of drug-likeness (QED) is 0.522. The van der Waals surface area contributed by atoms with Crippen molar-refractivity contribution in [3.8, 4) is 0 Å². The van der Waals surface area contributed by atoms with Crippen LogP contribution in [0.5, 0.6) is 0 Å². The Morgan fingerprint density at radius 1 is 1.67 bits per heavy atom. The molecule has 12 heavy (non-hydrogen) atoms. The van der Waals surface area contributed by atoms with Crippen molar-refractivity contribution in [2.24, 2.45) is 5.92 Å². The Hall–Kier alpha value is -1.10. The summed E-state index contributed by atoms with van der Waals surface area (Å²) in [6, 6.07) is -0.245. The second-order valence-electron chi connectivity index (χ2n) is 3.06. The van der Waals surface area contributed by atoms with Gasteiger partial charge in [-0.25, -0.2) is 0 Å². The number of amides is 1. The van der Waals surface area contributed by atoms with E-state index in [4.69, 9.17) is 5.11 Å². The minimum Gasteiger partial charge on any atom is -0.481 e. The van der Waals surface area contributed by atoms with Crippen LogP contribution in [0.25, 0.3) is 0 Å². The zero-order valence-corrected chi connectivity index (χ0v) is 6.86. The highest BCUT2D eigenvalue weighted by molar-refractivity contribution is 5.72. The third kappa shape index (κ3) is 1.73. The summed E-state index contributed by atoms with van der Waals surface area (Å²) in [5, 5.41) is 11.2. The second kappa shape index (κ2) is 3.53. The Bertz CT molecular complexity index is 195. The molecule has 2 atom stereocenters. The first-order valence-corrected chi connectivity index (χ1v) is 3.76. The molecule has 1 fully saturated rings. The van der Waals surface area contributed by atoms with Gasteiger partial charge in [0, 0.05) is 13.1 Å². The van der Waals surface area contributed by atoms with Crippen molar-refractivity contribution in [1.82, 2.24) is 10.2 Å². The molecule has 1 rings (SSSR count). The van der Waals surface area contributed by atoms with Crippen LogP contribution in [-0.2, 0) is 9.59 Å². The number of likely N-dealkylation sites (N-methyl/N-ethyl adjacent to an activating group) is 1. The van der Waals surface area contributed by atoms with Gasteiger partial charge in [0.25, 0.3) is 0 Å².